The molecule has 3 aromatic carbocycles. The Morgan fingerprint density at radius 3 is 2.28 bits per heavy atom. The molecule has 0 saturated heterocycles. The van der Waals surface area contributed by atoms with E-state index >= 15 is 0 Å². The number of aliphatic hydroxyl groups excluding tert-OH is 1. The fraction of sp³-hybridized carbons (Fsp3) is 0.296. The molecule has 32 heavy (non-hydrogen) atoms. The van der Waals surface area contributed by atoms with Gasteiger partial charge in [0, 0.05) is 0 Å². The van der Waals surface area contributed by atoms with Gasteiger partial charge >= 0.3 is 0 Å². The van der Waals surface area contributed by atoms with Crippen molar-refractivity contribution in [2.75, 3.05) is 6.61 Å². The Hall–Kier alpha value is -3.31. The summed E-state index contributed by atoms with van der Waals surface area (Å²) in [4.78, 5) is 4.77. The Balaban J connectivity index is 1.52. The lowest BCUT2D eigenvalue weighted by Crippen LogP contribution is -2.25. The molecule has 1 unspecified atom stereocenters. The van der Waals surface area contributed by atoms with Gasteiger partial charge in [-0.3, -0.25) is 0 Å². The maximum absolute atomic E-state index is 10.7. The van der Waals surface area contributed by atoms with Crippen molar-refractivity contribution in [1.29, 1.82) is 0 Å². The zero-order valence-corrected chi connectivity index (χ0v) is 19.1. The smallest absolute Gasteiger partial charge is 0.148 e. The van der Waals surface area contributed by atoms with Gasteiger partial charge in [0.15, 0.2) is 0 Å². The van der Waals surface area contributed by atoms with Crippen LogP contribution in [0.25, 0.3) is 11.0 Å². The van der Waals surface area contributed by atoms with Gasteiger partial charge in [0.25, 0.3) is 0 Å². The molecule has 1 heterocycles. The molecule has 0 bridgehead atoms. The summed E-state index contributed by atoms with van der Waals surface area (Å²) in [6.45, 7) is 9.14. The Kier molecular flexibility index (Phi) is 6.47. The molecule has 0 radical (unpaired) electrons. The summed E-state index contributed by atoms with van der Waals surface area (Å²) < 4.78 is 14.0. The van der Waals surface area contributed by atoms with E-state index in [4.69, 9.17) is 14.5 Å². The molecule has 4 aromatic rings. The molecule has 0 aliphatic carbocycles. The van der Waals surface area contributed by atoms with Gasteiger partial charge in [-0.05, 0) is 63.1 Å². The van der Waals surface area contributed by atoms with Gasteiger partial charge < -0.3 is 19.1 Å². The second-order valence-corrected chi connectivity index (χ2v) is 8.42. The van der Waals surface area contributed by atoms with Gasteiger partial charge in [0.2, 0.25) is 0 Å². The normalized spacial score (nSPS) is 12.2. The quantitative estimate of drug-likeness (QED) is 0.413. The third-order valence-electron chi connectivity index (χ3n) is 5.54. The molecule has 0 aliphatic heterocycles. The van der Waals surface area contributed by atoms with Crippen molar-refractivity contribution in [2.45, 2.75) is 47.0 Å². The molecule has 0 spiro atoms. The van der Waals surface area contributed by atoms with Crippen molar-refractivity contribution in [3.05, 3.63) is 88.7 Å². The number of benzene rings is 3. The first kappa shape index (κ1) is 21.9. The number of para-hydroxylation sites is 2. The molecular formula is C27H30N2O3. The van der Waals surface area contributed by atoms with Crippen molar-refractivity contribution in [3.63, 3.8) is 0 Å². The van der Waals surface area contributed by atoms with E-state index in [1.165, 1.54) is 11.1 Å². The molecule has 0 saturated carbocycles. The second kappa shape index (κ2) is 9.45. The lowest BCUT2D eigenvalue weighted by molar-refractivity contribution is 0.0917. The summed E-state index contributed by atoms with van der Waals surface area (Å²) in [7, 11) is 0. The van der Waals surface area contributed by atoms with E-state index in [0.717, 1.165) is 39.5 Å². The van der Waals surface area contributed by atoms with Crippen LogP contribution in [0.3, 0.4) is 0 Å². The van der Waals surface area contributed by atoms with Crippen molar-refractivity contribution in [3.8, 4) is 11.5 Å². The lowest BCUT2D eigenvalue weighted by Gasteiger charge is -2.17. The van der Waals surface area contributed by atoms with E-state index in [1.54, 1.807) is 0 Å². The van der Waals surface area contributed by atoms with Gasteiger partial charge in [-0.2, -0.15) is 0 Å². The van der Waals surface area contributed by atoms with E-state index in [2.05, 4.69) is 32.9 Å². The predicted octanol–water partition coefficient (Wildman–Crippen LogP) is 5.29. The van der Waals surface area contributed by atoms with Crippen molar-refractivity contribution >= 4 is 11.0 Å². The second-order valence-electron chi connectivity index (χ2n) is 8.42. The standard InChI is InChI=1S/C27H30N2O3/c1-18-9-11-23(12-10-18)31-16-22(30)15-29-25-8-6-5-7-24(25)28-26(29)17-32-27-20(3)13-19(2)14-21(27)4/h5-14,22,30H,15-17H2,1-4H3. The number of ether oxygens (including phenoxy) is 2. The molecule has 1 atom stereocenters. The van der Waals surface area contributed by atoms with Crippen LogP contribution in [0.1, 0.15) is 28.1 Å². The maximum Gasteiger partial charge on any atom is 0.148 e. The molecule has 166 valence electrons. The summed E-state index contributed by atoms with van der Waals surface area (Å²) in [5.74, 6) is 2.41. The molecule has 0 amide bonds. The average Bonchev–Trinajstić information content (AvgIpc) is 3.10. The Morgan fingerprint density at radius 2 is 1.56 bits per heavy atom. The fourth-order valence-corrected chi connectivity index (χ4v) is 4.06. The predicted molar refractivity (Wildman–Crippen MR) is 127 cm³/mol. The van der Waals surface area contributed by atoms with Crippen LogP contribution in [0.5, 0.6) is 11.5 Å². The number of aliphatic hydroxyl groups is 1. The van der Waals surface area contributed by atoms with Crippen LogP contribution < -0.4 is 9.47 Å². The van der Waals surface area contributed by atoms with Crippen LogP contribution in [-0.4, -0.2) is 27.4 Å². The number of aromatic nitrogens is 2. The number of hydrogen-bond acceptors (Lipinski definition) is 4. The summed E-state index contributed by atoms with van der Waals surface area (Å²) in [6.07, 6.45) is -0.685. The number of rotatable bonds is 8. The highest BCUT2D eigenvalue weighted by Gasteiger charge is 2.16. The van der Waals surface area contributed by atoms with Crippen LogP contribution in [0, 0.1) is 27.7 Å². The van der Waals surface area contributed by atoms with Gasteiger partial charge in [-0.15, -0.1) is 0 Å². The average molecular weight is 431 g/mol. The first-order valence-electron chi connectivity index (χ1n) is 10.9. The SMILES string of the molecule is Cc1ccc(OCC(O)Cn2c(COc3c(C)cc(C)cc3C)nc3ccccc32)cc1. The maximum atomic E-state index is 10.7. The van der Waals surface area contributed by atoms with Crippen LogP contribution in [0.15, 0.2) is 60.7 Å². The third-order valence-corrected chi connectivity index (χ3v) is 5.54. The molecule has 1 aromatic heterocycles. The van der Waals surface area contributed by atoms with Crippen LogP contribution >= 0.6 is 0 Å². The van der Waals surface area contributed by atoms with Crippen LogP contribution in [0.4, 0.5) is 0 Å². The third kappa shape index (κ3) is 4.94. The van der Waals surface area contributed by atoms with E-state index in [9.17, 15) is 5.11 Å². The monoisotopic (exact) mass is 430 g/mol. The first-order chi connectivity index (χ1) is 15.4. The van der Waals surface area contributed by atoms with Crippen molar-refractivity contribution in [2.24, 2.45) is 0 Å². The summed E-state index contributed by atoms with van der Waals surface area (Å²) in [5.41, 5.74) is 6.46. The fourth-order valence-electron chi connectivity index (χ4n) is 4.06. The summed E-state index contributed by atoms with van der Waals surface area (Å²) >= 11 is 0. The molecule has 0 aliphatic rings. The van der Waals surface area contributed by atoms with Gasteiger partial charge in [0.1, 0.15) is 36.6 Å². The Labute approximate surface area is 189 Å². The number of imidazole rings is 1. The zero-order valence-electron chi connectivity index (χ0n) is 19.1. The highest BCUT2D eigenvalue weighted by molar-refractivity contribution is 5.75. The van der Waals surface area contributed by atoms with Gasteiger partial charge in [-0.1, -0.05) is 47.5 Å². The van der Waals surface area contributed by atoms with Crippen molar-refractivity contribution in [1.82, 2.24) is 9.55 Å². The van der Waals surface area contributed by atoms with E-state index in [-0.39, 0.29) is 6.61 Å². The van der Waals surface area contributed by atoms with Crippen molar-refractivity contribution < 1.29 is 14.6 Å². The lowest BCUT2D eigenvalue weighted by atomic mass is 10.1. The Bertz CT molecular complexity index is 1190. The highest BCUT2D eigenvalue weighted by Crippen LogP contribution is 2.26. The van der Waals surface area contributed by atoms with Gasteiger partial charge in [0.05, 0.1) is 17.6 Å². The highest BCUT2D eigenvalue weighted by atomic mass is 16.5. The minimum atomic E-state index is -0.685. The van der Waals surface area contributed by atoms with Gasteiger partial charge in [-0.25, -0.2) is 4.98 Å². The molecule has 5 heteroatoms. The number of fused-ring (bicyclic) bond motifs is 1. The van der Waals surface area contributed by atoms with E-state index in [1.807, 2.05) is 60.0 Å². The van der Waals surface area contributed by atoms with Crippen LogP contribution in [0.2, 0.25) is 0 Å². The largest absolute Gasteiger partial charge is 0.491 e. The molecule has 4 rings (SSSR count). The summed E-state index contributed by atoms with van der Waals surface area (Å²) in [5, 5.41) is 10.7. The molecule has 0 fully saturated rings. The zero-order chi connectivity index (χ0) is 22.7. The number of nitrogens with zero attached hydrogens (tertiary/aromatic N) is 2. The number of aryl methyl sites for hydroxylation is 4. The summed E-state index contributed by atoms with van der Waals surface area (Å²) in [6, 6.07) is 20.0. The Morgan fingerprint density at radius 1 is 0.875 bits per heavy atom. The topological polar surface area (TPSA) is 56.5 Å². The van der Waals surface area contributed by atoms with E-state index < -0.39 is 6.10 Å². The molecule has 5 nitrogen and oxygen atoms in total. The molecular weight excluding hydrogens is 400 g/mol. The first-order valence-corrected chi connectivity index (χ1v) is 10.9. The minimum absolute atomic E-state index is 0.200. The molecule has 1 N–H and O–H groups in total. The van der Waals surface area contributed by atoms with E-state index in [0.29, 0.717) is 13.2 Å². The number of hydrogen-bond donors (Lipinski definition) is 1. The minimum Gasteiger partial charge on any atom is -0.491 e. The van der Waals surface area contributed by atoms with Crippen LogP contribution in [-0.2, 0) is 13.2 Å².